The summed E-state index contributed by atoms with van der Waals surface area (Å²) in [6.45, 7) is 7.03. The summed E-state index contributed by atoms with van der Waals surface area (Å²) in [5.74, 6) is 0.806. The van der Waals surface area contributed by atoms with Gasteiger partial charge in [0.15, 0.2) is 0 Å². The molecular formula is C30H35ClN2O2S. The van der Waals surface area contributed by atoms with Crippen molar-refractivity contribution in [2.45, 2.75) is 52.0 Å². The molecule has 0 heterocycles. The molecule has 3 aromatic rings. The number of carbonyl (C=O) groups excluding carboxylic acids is 2. The van der Waals surface area contributed by atoms with Crippen LogP contribution in [0.15, 0.2) is 72.8 Å². The average Bonchev–Trinajstić information content (AvgIpc) is 2.85. The number of carbonyl (C=O) groups is 2. The summed E-state index contributed by atoms with van der Waals surface area (Å²) in [5, 5.41) is 3.60. The SMILES string of the molecule is CCCNC(=O)C(Cc1ccccc1)N(Cc1ccccc1Cl)C(=O)CSCc1cc(C)cc(C)c1. The number of aryl methyl sites for hydroxylation is 2. The Balaban J connectivity index is 1.84. The fraction of sp³-hybridized carbons (Fsp3) is 0.333. The van der Waals surface area contributed by atoms with Crippen molar-refractivity contribution in [1.82, 2.24) is 10.2 Å². The highest BCUT2D eigenvalue weighted by Crippen LogP contribution is 2.22. The van der Waals surface area contributed by atoms with E-state index in [1.165, 1.54) is 16.7 Å². The summed E-state index contributed by atoms with van der Waals surface area (Å²) in [6.07, 6.45) is 1.27. The second-order valence-electron chi connectivity index (χ2n) is 9.10. The van der Waals surface area contributed by atoms with Crippen LogP contribution in [0.5, 0.6) is 0 Å². The Kier molecular flexibility index (Phi) is 10.9. The van der Waals surface area contributed by atoms with Gasteiger partial charge in [-0.05, 0) is 43.0 Å². The summed E-state index contributed by atoms with van der Waals surface area (Å²) in [4.78, 5) is 28.7. The van der Waals surface area contributed by atoms with E-state index < -0.39 is 6.04 Å². The van der Waals surface area contributed by atoms with Crippen LogP contribution >= 0.6 is 23.4 Å². The Morgan fingerprint density at radius 3 is 2.28 bits per heavy atom. The first-order chi connectivity index (χ1) is 17.4. The fourth-order valence-electron chi connectivity index (χ4n) is 4.22. The first kappa shape index (κ1) is 27.8. The van der Waals surface area contributed by atoms with Gasteiger partial charge < -0.3 is 10.2 Å². The molecule has 0 spiro atoms. The molecule has 1 unspecified atom stereocenters. The van der Waals surface area contributed by atoms with Gasteiger partial charge in [0.05, 0.1) is 5.75 Å². The molecule has 4 nitrogen and oxygen atoms in total. The van der Waals surface area contributed by atoms with Crippen LogP contribution in [0.3, 0.4) is 0 Å². The molecule has 0 aromatic heterocycles. The molecule has 190 valence electrons. The van der Waals surface area contributed by atoms with Gasteiger partial charge in [0.2, 0.25) is 11.8 Å². The molecule has 2 amide bonds. The monoisotopic (exact) mass is 522 g/mol. The van der Waals surface area contributed by atoms with Gasteiger partial charge in [-0.25, -0.2) is 0 Å². The Hall–Kier alpha value is -2.76. The second-order valence-corrected chi connectivity index (χ2v) is 10.5. The van der Waals surface area contributed by atoms with Crippen LogP contribution in [-0.4, -0.2) is 35.1 Å². The molecule has 0 radical (unpaired) electrons. The maximum absolute atomic E-state index is 13.7. The summed E-state index contributed by atoms with van der Waals surface area (Å²) < 4.78 is 0. The lowest BCUT2D eigenvalue weighted by Gasteiger charge is -2.32. The summed E-state index contributed by atoms with van der Waals surface area (Å²) >= 11 is 8.04. The first-order valence-electron chi connectivity index (χ1n) is 12.4. The molecule has 3 aromatic carbocycles. The van der Waals surface area contributed by atoms with E-state index in [1.807, 2.05) is 61.5 Å². The zero-order valence-electron chi connectivity index (χ0n) is 21.3. The number of benzene rings is 3. The predicted octanol–water partition coefficient (Wildman–Crippen LogP) is 6.36. The maximum atomic E-state index is 13.7. The molecular weight excluding hydrogens is 488 g/mol. The van der Waals surface area contributed by atoms with E-state index in [1.54, 1.807) is 16.7 Å². The number of hydrogen-bond acceptors (Lipinski definition) is 3. The number of nitrogens with zero attached hydrogens (tertiary/aromatic N) is 1. The number of rotatable bonds is 12. The van der Waals surface area contributed by atoms with Crippen molar-refractivity contribution in [2.24, 2.45) is 0 Å². The summed E-state index contributed by atoms with van der Waals surface area (Å²) in [6, 6.07) is 23.2. The minimum atomic E-state index is -0.635. The maximum Gasteiger partial charge on any atom is 0.243 e. The van der Waals surface area contributed by atoms with Gasteiger partial charge in [-0.15, -0.1) is 11.8 Å². The zero-order chi connectivity index (χ0) is 25.9. The molecule has 1 N–H and O–H groups in total. The molecule has 0 aliphatic carbocycles. The van der Waals surface area contributed by atoms with E-state index in [-0.39, 0.29) is 24.1 Å². The van der Waals surface area contributed by atoms with Crippen molar-refractivity contribution in [3.63, 3.8) is 0 Å². The van der Waals surface area contributed by atoms with Crippen LogP contribution in [0.25, 0.3) is 0 Å². The zero-order valence-corrected chi connectivity index (χ0v) is 22.9. The smallest absolute Gasteiger partial charge is 0.243 e. The number of hydrogen-bond donors (Lipinski definition) is 1. The quantitative estimate of drug-likeness (QED) is 0.301. The molecule has 3 rings (SSSR count). The van der Waals surface area contributed by atoms with Crippen LogP contribution in [0.1, 0.15) is 41.2 Å². The lowest BCUT2D eigenvalue weighted by atomic mass is 10.0. The Morgan fingerprint density at radius 2 is 1.61 bits per heavy atom. The third kappa shape index (κ3) is 8.42. The van der Waals surface area contributed by atoms with E-state index in [4.69, 9.17) is 11.6 Å². The highest BCUT2D eigenvalue weighted by molar-refractivity contribution is 7.99. The van der Waals surface area contributed by atoms with E-state index in [0.29, 0.717) is 18.0 Å². The number of thioether (sulfide) groups is 1. The van der Waals surface area contributed by atoms with Gasteiger partial charge in [0, 0.05) is 30.3 Å². The van der Waals surface area contributed by atoms with Crippen molar-refractivity contribution in [2.75, 3.05) is 12.3 Å². The first-order valence-corrected chi connectivity index (χ1v) is 13.9. The number of halogens is 1. The average molecular weight is 523 g/mol. The van der Waals surface area contributed by atoms with E-state index in [0.717, 1.165) is 23.3 Å². The molecule has 36 heavy (non-hydrogen) atoms. The number of nitrogens with one attached hydrogen (secondary N) is 1. The van der Waals surface area contributed by atoms with Crippen LogP contribution < -0.4 is 5.32 Å². The molecule has 0 aliphatic heterocycles. The third-order valence-corrected chi connectivity index (χ3v) is 7.25. The van der Waals surface area contributed by atoms with Crippen LogP contribution in [-0.2, 0) is 28.3 Å². The van der Waals surface area contributed by atoms with Crippen LogP contribution in [0.2, 0.25) is 5.02 Å². The van der Waals surface area contributed by atoms with Gasteiger partial charge in [0.25, 0.3) is 0 Å². The van der Waals surface area contributed by atoms with Crippen molar-refractivity contribution < 1.29 is 9.59 Å². The van der Waals surface area contributed by atoms with Gasteiger partial charge >= 0.3 is 0 Å². The highest BCUT2D eigenvalue weighted by atomic mass is 35.5. The van der Waals surface area contributed by atoms with E-state index in [2.05, 4.69) is 37.4 Å². The molecule has 0 bridgehead atoms. The highest BCUT2D eigenvalue weighted by Gasteiger charge is 2.30. The standard InChI is InChI=1S/C30H35ClN2O2S/c1-4-14-32-30(35)28(18-24-10-6-5-7-11-24)33(19-26-12-8-9-13-27(26)31)29(34)21-36-20-25-16-22(2)15-23(3)17-25/h5-13,15-17,28H,4,14,18-21H2,1-3H3,(H,32,35). The van der Waals surface area contributed by atoms with Crippen molar-refractivity contribution in [3.05, 3.63) is 106 Å². The normalized spacial score (nSPS) is 11.7. The summed E-state index contributed by atoms with van der Waals surface area (Å²) in [5.41, 5.74) is 5.47. The minimum Gasteiger partial charge on any atom is -0.354 e. The molecule has 1 atom stereocenters. The summed E-state index contributed by atoms with van der Waals surface area (Å²) in [7, 11) is 0. The third-order valence-electron chi connectivity index (χ3n) is 5.89. The molecule has 0 saturated heterocycles. The van der Waals surface area contributed by atoms with Gasteiger partial charge in [-0.3, -0.25) is 9.59 Å². The molecule has 0 saturated carbocycles. The second kappa shape index (κ2) is 14.1. The van der Waals surface area contributed by atoms with Gasteiger partial charge in [-0.1, -0.05) is 96.4 Å². The van der Waals surface area contributed by atoms with Crippen molar-refractivity contribution in [3.8, 4) is 0 Å². The largest absolute Gasteiger partial charge is 0.354 e. The molecule has 0 fully saturated rings. The van der Waals surface area contributed by atoms with Crippen molar-refractivity contribution in [1.29, 1.82) is 0 Å². The minimum absolute atomic E-state index is 0.0723. The fourth-order valence-corrected chi connectivity index (χ4v) is 5.26. The number of amides is 2. The Bertz CT molecular complexity index is 1130. The molecule has 6 heteroatoms. The van der Waals surface area contributed by atoms with E-state index >= 15 is 0 Å². The van der Waals surface area contributed by atoms with Crippen molar-refractivity contribution >= 4 is 35.2 Å². The van der Waals surface area contributed by atoms with E-state index in [9.17, 15) is 9.59 Å². The molecule has 0 aliphatic rings. The van der Waals surface area contributed by atoms with Gasteiger partial charge in [0.1, 0.15) is 6.04 Å². The van der Waals surface area contributed by atoms with Crippen LogP contribution in [0.4, 0.5) is 0 Å². The Morgan fingerprint density at radius 1 is 0.944 bits per heavy atom. The predicted molar refractivity (Wildman–Crippen MR) is 151 cm³/mol. The lowest BCUT2D eigenvalue weighted by Crippen LogP contribution is -2.51. The Labute approximate surface area is 224 Å². The topological polar surface area (TPSA) is 49.4 Å². The van der Waals surface area contributed by atoms with Gasteiger partial charge in [-0.2, -0.15) is 0 Å². The van der Waals surface area contributed by atoms with Crippen LogP contribution in [0, 0.1) is 13.8 Å². The lowest BCUT2D eigenvalue weighted by molar-refractivity contribution is -0.139.